The number of aromatic nitrogens is 2. The van der Waals surface area contributed by atoms with Crippen LogP contribution in [-0.4, -0.2) is 16.1 Å². The van der Waals surface area contributed by atoms with Gasteiger partial charge in [0.1, 0.15) is 0 Å². The van der Waals surface area contributed by atoms with Crippen molar-refractivity contribution in [2.24, 2.45) is 0 Å². The summed E-state index contributed by atoms with van der Waals surface area (Å²) in [7, 11) is 0. The van der Waals surface area contributed by atoms with E-state index in [4.69, 9.17) is 0 Å². The van der Waals surface area contributed by atoms with E-state index in [0.29, 0.717) is 0 Å². The highest BCUT2D eigenvalue weighted by molar-refractivity contribution is 9.11. The third kappa shape index (κ3) is 3.14. The molecule has 0 fully saturated rings. The molecule has 0 bridgehead atoms. The summed E-state index contributed by atoms with van der Waals surface area (Å²) in [6.07, 6.45) is 6.09. The molecule has 0 aliphatic carbocycles. The minimum atomic E-state index is 0.877. The number of imidazole rings is 1. The van der Waals surface area contributed by atoms with Crippen molar-refractivity contribution in [1.82, 2.24) is 9.55 Å². The lowest BCUT2D eigenvalue weighted by molar-refractivity contribution is 0.823. The molecule has 2 aromatic rings. The number of anilines is 1. The Morgan fingerprint density at radius 2 is 2.17 bits per heavy atom. The van der Waals surface area contributed by atoms with Crippen LogP contribution in [0.25, 0.3) is 5.69 Å². The Bertz CT molecular complexity index is 523. The SMILES string of the molecule is CCCCNc1nccn1-c1cc(Br)ccc1Br. The lowest BCUT2D eigenvalue weighted by Gasteiger charge is -2.11. The normalized spacial score (nSPS) is 10.6. The number of rotatable bonds is 5. The smallest absolute Gasteiger partial charge is 0.207 e. The molecule has 0 amide bonds. The second-order valence-corrected chi connectivity index (χ2v) is 5.77. The Labute approximate surface area is 124 Å². The lowest BCUT2D eigenvalue weighted by Crippen LogP contribution is -2.07. The van der Waals surface area contributed by atoms with Crippen molar-refractivity contribution in [3.8, 4) is 5.69 Å². The third-order valence-corrected chi connectivity index (χ3v) is 3.79. The van der Waals surface area contributed by atoms with Crippen LogP contribution in [0.5, 0.6) is 0 Å². The minimum Gasteiger partial charge on any atom is -0.355 e. The van der Waals surface area contributed by atoms with Crippen LogP contribution in [0.4, 0.5) is 5.95 Å². The van der Waals surface area contributed by atoms with Gasteiger partial charge in [0.05, 0.1) is 5.69 Å². The molecule has 0 atom stereocenters. The highest BCUT2D eigenvalue weighted by atomic mass is 79.9. The summed E-state index contributed by atoms with van der Waals surface area (Å²) in [5.74, 6) is 0.877. The maximum absolute atomic E-state index is 4.35. The summed E-state index contributed by atoms with van der Waals surface area (Å²) in [5.41, 5.74) is 1.07. The molecule has 0 unspecified atom stereocenters. The molecule has 0 spiro atoms. The molecule has 0 aliphatic rings. The maximum atomic E-state index is 4.35. The number of benzene rings is 1. The number of hydrogen-bond donors (Lipinski definition) is 1. The molecule has 0 saturated heterocycles. The fraction of sp³-hybridized carbons (Fsp3) is 0.308. The van der Waals surface area contributed by atoms with Crippen LogP contribution in [0.3, 0.4) is 0 Å². The summed E-state index contributed by atoms with van der Waals surface area (Å²) >= 11 is 7.07. The molecule has 1 aromatic carbocycles. The van der Waals surface area contributed by atoms with E-state index in [2.05, 4.69) is 55.2 Å². The van der Waals surface area contributed by atoms with Crippen LogP contribution in [-0.2, 0) is 0 Å². The van der Waals surface area contributed by atoms with Crippen LogP contribution in [0.1, 0.15) is 19.8 Å². The number of hydrogen-bond acceptors (Lipinski definition) is 2. The van der Waals surface area contributed by atoms with Gasteiger partial charge in [-0.15, -0.1) is 0 Å². The molecule has 1 aromatic heterocycles. The topological polar surface area (TPSA) is 29.9 Å². The first-order valence-electron chi connectivity index (χ1n) is 5.95. The van der Waals surface area contributed by atoms with Crippen molar-refractivity contribution in [3.05, 3.63) is 39.5 Å². The first-order valence-corrected chi connectivity index (χ1v) is 7.53. The van der Waals surface area contributed by atoms with Crippen LogP contribution < -0.4 is 5.32 Å². The van der Waals surface area contributed by atoms with E-state index in [1.165, 1.54) is 6.42 Å². The van der Waals surface area contributed by atoms with Gasteiger partial charge >= 0.3 is 0 Å². The minimum absolute atomic E-state index is 0.877. The Hall–Kier alpha value is -0.810. The Balaban J connectivity index is 2.27. The van der Waals surface area contributed by atoms with Crippen molar-refractivity contribution in [3.63, 3.8) is 0 Å². The van der Waals surface area contributed by atoms with E-state index < -0.39 is 0 Å². The van der Waals surface area contributed by atoms with E-state index in [1.807, 2.05) is 29.1 Å². The second-order valence-electron chi connectivity index (χ2n) is 4.00. The number of nitrogens with one attached hydrogen (secondary N) is 1. The van der Waals surface area contributed by atoms with E-state index in [9.17, 15) is 0 Å². The molecular formula is C13H15Br2N3. The second kappa shape index (κ2) is 6.38. The van der Waals surface area contributed by atoms with Gasteiger partial charge in [0.25, 0.3) is 0 Å². The highest BCUT2D eigenvalue weighted by Crippen LogP contribution is 2.27. The van der Waals surface area contributed by atoms with E-state index in [-0.39, 0.29) is 0 Å². The molecule has 1 heterocycles. The highest BCUT2D eigenvalue weighted by Gasteiger charge is 2.08. The van der Waals surface area contributed by atoms with Crippen molar-refractivity contribution in [2.75, 3.05) is 11.9 Å². The number of halogens is 2. The first-order chi connectivity index (χ1) is 8.72. The zero-order valence-corrected chi connectivity index (χ0v) is 13.3. The van der Waals surface area contributed by atoms with E-state index >= 15 is 0 Å². The van der Waals surface area contributed by atoms with Gasteiger partial charge in [0.15, 0.2) is 0 Å². The zero-order chi connectivity index (χ0) is 13.0. The lowest BCUT2D eigenvalue weighted by atomic mass is 10.3. The van der Waals surface area contributed by atoms with Crippen molar-refractivity contribution in [2.45, 2.75) is 19.8 Å². The monoisotopic (exact) mass is 371 g/mol. The van der Waals surface area contributed by atoms with Crippen LogP contribution >= 0.6 is 31.9 Å². The van der Waals surface area contributed by atoms with Crippen molar-refractivity contribution < 1.29 is 0 Å². The average molecular weight is 373 g/mol. The summed E-state index contributed by atoms with van der Waals surface area (Å²) in [6, 6.07) is 6.10. The molecule has 96 valence electrons. The Morgan fingerprint density at radius 1 is 1.33 bits per heavy atom. The first kappa shape index (κ1) is 13.6. The third-order valence-electron chi connectivity index (χ3n) is 2.62. The summed E-state index contributed by atoms with van der Waals surface area (Å²) in [5, 5.41) is 3.36. The molecule has 1 N–H and O–H groups in total. The average Bonchev–Trinajstić information content (AvgIpc) is 2.81. The van der Waals surface area contributed by atoms with Crippen LogP contribution in [0, 0.1) is 0 Å². The van der Waals surface area contributed by atoms with Crippen LogP contribution in [0.15, 0.2) is 39.5 Å². The van der Waals surface area contributed by atoms with Gasteiger partial charge in [0, 0.05) is 27.9 Å². The summed E-state index contributed by atoms with van der Waals surface area (Å²) < 4.78 is 4.14. The predicted molar refractivity (Wildman–Crippen MR) is 82.4 cm³/mol. The van der Waals surface area contributed by atoms with E-state index in [0.717, 1.165) is 33.5 Å². The van der Waals surface area contributed by atoms with Gasteiger partial charge in [-0.3, -0.25) is 4.57 Å². The van der Waals surface area contributed by atoms with Gasteiger partial charge in [-0.25, -0.2) is 4.98 Å². The summed E-state index contributed by atoms with van der Waals surface area (Å²) in [6.45, 7) is 3.12. The fourth-order valence-corrected chi connectivity index (χ4v) is 2.46. The Kier molecular flexibility index (Phi) is 4.83. The predicted octanol–water partition coefficient (Wildman–Crippen LogP) is 4.61. The van der Waals surface area contributed by atoms with Crippen molar-refractivity contribution in [1.29, 1.82) is 0 Å². The molecule has 18 heavy (non-hydrogen) atoms. The van der Waals surface area contributed by atoms with Gasteiger partial charge in [0.2, 0.25) is 5.95 Å². The largest absolute Gasteiger partial charge is 0.355 e. The molecule has 2 rings (SSSR count). The van der Waals surface area contributed by atoms with E-state index in [1.54, 1.807) is 0 Å². The molecule has 0 radical (unpaired) electrons. The summed E-state index contributed by atoms with van der Waals surface area (Å²) in [4.78, 5) is 4.35. The standard InChI is InChI=1S/C13H15Br2N3/c1-2-3-6-16-13-17-7-8-18(13)12-9-10(14)4-5-11(12)15/h4-5,7-9H,2-3,6H2,1H3,(H,16,17). The zero-order valence-electron chi connectivity index (χ0n) is 10.2. The van der Waals surface area contributed by atoms with Gasteiger partial charge < -0.3 is 5.32 Å². The molecule has 0 aliphatic heterocycles. The Morgan fingerprint density at radius 3 is 2.94 bits per heavy atom. The molecule has 3 nitrogen and oxygen atoms in total. The quantitative estimate of drug-likeness (QED) is 0.776. The number of nitrogens with zero attached hydrogens (tertiary/aromatic N) is 2. The number of unbranched alkanes of at least 4 members (excludes halogenated alkanes) is 1. The maximum Gasteiger partial charge on any atom is 0.207 e. The fourth-order valence-electron chi connectivity index (χ4n) is 1.68. The molecular weight excluding hydrogens is 358 g/mol. The van der Waals surface area contributed by atoms with Gasteiger partial charge in [-0.2, -0.15) is 0 Å². The molecule has 0 saturated carbocycles. The van der Waals surface area contributed by atoms with Crippen molar-refractivity contribution >= 4 is 37.8 Å². The van der Waals surface area contributed by atoms with Gasteiger partial charge in [-0.05, 0) is 40.5 Å². The van der Waals surface area contributed by atoms with Gasteiger partial charge in [-0.1, -0.05) is 29.3 Å². The molecule has 5 heteroatoms. The van der Waals surface area contributed by atoms with Crippen LogP contribution in [0.2, 0.25) is 0 Å².